The molecule has 27 heavy (non-hydrogen) atoms. The molecule has 144 valence electrons. The molecular weight excluding hydrogens is 353 g/mol. The predicted octanol–water partition coefficient (Wildman–Crippen LogP) is 0.598. The Labute approximate surface area is 156 Å². The average Bonchev–Trinajstić information content (AvgIpc) is 2.65. The number of nitrogens with one attached hydrogen (secondary N) is 3. The third-order valence-corrected chi connectivity index (χ3v) is 3.69. The second-order valence-electron chi connectivity index (χ2n) is 5.80. The molecule has 2 amide bonds. The van der Waals surface area contributed by atoms with Crippen molar-refractivity contribution in [3.05, 3.63) is 43.3 Å². The SMILES string of the molecule is C=C(F)CC(=O)N/C=C/N/N=C/C(=O)NC1CCN(c2ncccn2)CC1. The van der Waals surface area contributed by atoms with Crippen molar-refractivity contribution in [1.29, 1.82) is 0 Å². The molecular formula is C17H22FN7O2. The van der Waals surface area contributed by atoms with Gasteiger partial charge in [-0.25, -0.2) is 14.4 Å². The molecule has 3 N–H and O–H groups in total. The zero-order valence-electron chi connectivity index (χ0n) is 14.8. The van der Waals surface area contributed by atoms with E-state index in [0.29, 0.717) is 5.95 Å². The van der Waals surface area contributed by atoms with Crippen LogP contribution in [0.25, 0.3) is 0 Å². The number of carbonyl (C=O) groups excluding carboxylic acids is 2. The summed E-state index contributed by atoms with van der Waals surface area (Å²) >= 11 is 0. The van der Waals surface area contributed by atoms with E-state index in [1.54, 1.807) is 18.5 Å². The molecule has 0 atom stereocenters. The fraction of sp³-hybridized carbons (Fsp3) is 0.353. The van der Waals surface area contributed by atoms with Crippen molar-refractivity contribution in [3.63, 3.8) is 0 Å². The van der Waals surface area contributed by atoms with Gasteiger partial charge in [0.15, 0.2) is 0 Å². The molecule has 0 aromatic carbocycles. The van der Waals surface area contributed by atoms with Gasteiger partial charge in [0.2, 0.25) is 11.9 Å². The van der Waals surface area contributed by atoms with Crippen molar-refractivity contribution in [1.82, 2.24) is 26.0 Å². The fourth-order valence-electron chi connectivity index (χ4n) is 2.45. The van der Waals surface area contributed by atoms with Gasteiger partial charge in [-0.05, 0) is 18.9 Å². The maximum atomic E-state index is 12.4. The maximum absolute atomic E-state index is 12.4. The first-order valence-electron chi connectivity index (χ1n) is 8.43. The Bertz CT molecular complexity index is 700. The van der Waals surface area contributed by atoms with Gasteiger partial charge in [-0.2, -0.15) is 5.10 Å². The predicted molar refractivity (Wildman–Crippen MR) is 99.2 cm³/mol. The molecule has 0 unspecified atom stereocenters. The summed E-state index contributed by atoms with van der Waals surface area (Å²) in [6, 6.07) is 1.83. The summed E-state index contributed by atoms with van der Waals surface area (Å²) in [5.74, 6) is -0.869. The van der Waals surface area contributed by atoms with Gasteiger partial charge in [0.05, 0.1) is 6.42 Å². The molecule has 2 rings (SSSR count). The molecule has 0 aliphatic carbocycles. The van der Waals surface area contributed by atoms with E-state index < -0.39 is 18.2 Å². The van der Waals surface area contributed by atoms with Crippen LogP contribution in [0, 0.1) is 0 Å². The highest BCUT2D eigenvalue weighted by Crippen LogP contribution is 2.15. The van der Waals surface area contributed by atoms with Crippen molar-refractivity contribution in [2.45, 2.75) is 25.3 Å². The van der Waals surface area contributed by atoms with Gasteiger partial charge in [0.25, 0.3) is 5.91 Å². The zero-order chi connectivity index (χ0) is 19.5. The van der Waals surface area contributed by atoms with E-state index in [1.807, 2.05) is 0 Å². The first-order chi connectivity index (χ1) is 13.0. The Morgan fingerprint density at radius 3 is 2.67 bits per heavy atom. The van der Waals surface area contributed by atoms with E-state index in [4.69, 9.17) is 0 Å². The molecule has 1 aromatic heterocycles. The van der Waals surface area contributed by atoms with Gasteiger partial charge in [0, 0.05) is 43.9 Å². The largest absolute Gasteiger partial charge is 0.348 e. The van der Waals surface area contributed by atoms with E-state index in [9.17, 15) is 14.0 Å². The first kappa shape index (κ1) is 20.0. The zero-order valence-corrected chi connectivity index (χ0v) is 14.8. The molecule has 10 heteroatoms. The van der Waals surface area contributed by atoms with Crippen LogP contribution >= 0.6 is 0 Å². The highest BCUT2D eigenvalue weighted by atomic mass is 19.1. The van der Waals surface area contributed by atoms with Crippen LogP contribution in [0.1, 0.15) is 19.3 Å². The number of hydrogen-bond donors (Lipinski definition) is 3. The smallest absolute Gasteiger partial charge is 0.264 e. The van der Waals surface area contributed by atoms with Gasteiger partial charge < -0.3 is 15.5 Å². The summed E-state index contributed by atoms with van der Waals surface area (Å²) in [6.07, 6.45) is 8.26. The monoisotopic (exact) mass is 375 g/mol. The van der Waals surface area contributed by atoms with E-state index in [-0.39, 0.29) is 11.9 Å². The number of anilines is 1. The van der Waals surface area contributed by atoms with Crippen LogP contribution in [0.15, 0.2) is 48.4 Å². The lowest BCUT2D eigenvalue weighted by Gasteiger charge is -2.31. The number of carbonyl (C=O) groups is 2. The van der Waals surface area contributed by atoms with Crippen LogP contribution in [0.2, 0.25) is 0 Å². The van der Waals surface area contributed by atoms with Crippen LogP contribution in [0.4, 0.5) is 10.3 Å². The summed E-state index contributed by atoms with van der Waals surface area (Å²) in [5.41, 5.74) is 2.46. The molecule has 0 bridgehead atoms. The summed E-state index contributed by atoms with van der Waals surface area (Å²) < 4.78 is 12.4. The molecule has 1 aliphatic rings. The second-order valence-corrected chi connectivity index (χ2v) is 5.80. The van der Waals surface area contributed by atoms with Gasteiger partial charge in [-0.3, -0.25) is 15.0 Å². The highest BCUT2D eigenvalue weighted by molar-refractivity contribution is 6.26. The summed E-state index contributed by atoms with van der Waals surface area (Å²) in [5, 5.41) is 8.90. The number of nitrogens with zero attached hydrogens (tertiary/aromatic N) is 4. The van der Waals surface area contributed by atoms with Crippen LogP contribution in [0.5, 0.6) is 0 Å². The molecule has 0 saturated carbocycles. The number of piperidine rings is 1. The van der Waals surface area contributed by atoms with Crippen molar-refractivity contribution >= 4 is 24.0 Å². The van der Waals surface area contributed by atoms with Crippen LogP contribution in [-0.2, 0) is 9.59 Å². The minimum absolute atomic E-state index is 0.0625. The lowest BCUT2D eigenvalue weighted by molar-refractivity contribution is -0.119. The average molecular weight is 375 g/mol. The van der Waals surface area contributed by atoms with Gasteiger partial charge in [-0.15, -0.1) is 0 Å². The molecule has 1 aliphatic heterocycles. The molecule has 0 radical (unpaired) electrons. The minimum atomic E-state index is -0.717. The Morgan fingerprint density at radius 2 is 2.00 bits per heavy atom. The van der Waals surface area contributed by atoms with Gasteiger partial charge in [0.1, 0.15) is 12.0 Å². The van der Waals surface area contributed by atoms with E-state index in [2.05, 4.69) is 42.6 Å². The number of halogens is 1. The number of amides is 2. The van der Waals surface area contributed by atoms with E-state index >= 15 is 0 Å². The summed E-state index contributed by atoms with van der Waals surface area (Å²) in [7, 11) is 0. The standard InChI is InChI=1S/C17H22FN7O2/c1-13(18)11-15(26)19-7-8-22-23-12-16(27)24-14-3-9-25(10-4-14)17-20-5-2-6-21-17/h2,5-8,12,14,22H,1,3-4,9-11H2,(H,19,26)(H,24,27)/b8-7+,23-12+. The Kier molecular flexibility index (Phi) is 7.89. The summed E-state index contributed by atoms with van der Waals surface area (Å²) in [4.78, 5) is 33.5. The molecule has 1 saturated heterocycles. The van der Waals surface area contributed by atoms with E-state index in [1.165, 1.54) is 12.4 Å². The minimum Gasteiger partial charge on any atom is -0.348 e. The second kappa shape index (κ2) is 10.6. The number of hydrogen-bond acceptors (Lipinski definition) is 7. The number of rotatable bonds is 8. The van der Waals surface area contributed by atoms with Crippen LogP contribution in [-0.4, -0.2) is 47.1 Å². The quantitative estimate of drug-likeness (QED) is 0.453. The van der Waals surface area contributed by atoms with E-state index in [0.717, 1.165) is 32.1 Å². The first-order valence-corrected chi connectivity index (χ1v) is 8.43. The van der Waals surface area contributed by atoms with Crippen LogP contribution < -0.4 is 21.0 Å². The lowest BCUT2D eigenvalue weighted by atomic mass is 10.1. The van der Waals surface area contributed by atoms with Gasteiger partial charge >= 0.3 is 0 Å². The molecule has 2 heterocycles. The lowest BCUT2D eigenvalue weighted by Crippen LogP contribution is -2.45. The topological polar surface area (TPSA) is 112 Å². The Balaban J connectivity index is 1.62. The fourth-order valence-corrected chi connectivity index (χ4v) is 2.45. The third kappa shape index (κ3) is 7.63. The molecule has 0 spiro atoms. The van der Waals surface area contributed by atoms with Crippen molar-refractivity contribution in [3.8, 4) is 0 Å². The molecule has 9 nitrogen and oxygen atoms in total. The molecule has 1 aromatic rings. The Hall–Kier alpha value is -3.30. The summed E-state index contributed by atoms with van der Waals surface area (Å²) in [6.45, 7) is 4.52. The van der Waals surface area contributed by atoms with Crippen molar-refractivity contribution in [2.75, 3.05) is 18.0 Å². The van der Waals surface area contributed by atoms with Gasteiger partial charge in [-0.1, -0.05) is 6.58 Å². The third-order valence-electron chi connectivity index (χ3n) is 3.69. The van der Waals surface area contributed by atoms with Crippen molar-refractivity contribution in [2.24, 2.45) is 5.10 Å². The number of aromatic nitrogens is 2. The highest BCUT2D eigenvalue weighted by Gasteiger charge is 2.21. The number of hydrazone groups is 1. The van der Waals surface area contributed by atoms with Crippen LogP contribution in [0.3, 0.4) is 0 Å². The Morgan fingerprint density at radius 1 is 1.30 bits per heavy atom. The maximum Gasteiger partial charge on any atom is 0.264 e. The van der Waals surface area contributed by atoms with Crippen molar-refractivity contribution < 1.29 is 14.0 Å². The normalized spacial score (nSPS) is 15.1. The molecule has 1 fully saturated rings.